The van der Waals surface area contributed by atoms with E-state index in [2.05, 4.69) is 15.0 Å². The summed E-state index contributed by atoms with van der Waals surface area (Å²) in [5.74, 6) is 0.592. The second kappa shape index (κ2) is 4.65. The molecule has 0 spiro atoms. The fraction of sp³-hybridized carbons (Fsp3) is 0.375. The summed E-state index contributed by atoms with van der Waals surface area (Å²) in [6, 6.07) is 3.78. The largest absolute Gasteiger partial charge is 0.443 e. The van der Waals surface area contributed by atoms with Gasteiger partial charge in [-0.25, -0.2) is 14.7 Å². The Morgan fingerprint density at radius 3 is 2.83 bits per heavy atom. The average molecular weight is 311 g/mol. The monoisotopic (exact) mass is 311 g/mol. The molecule has 0 bridgehead atoms. The van der Waals surface area contributed by atoms with E-state index >= 15 is 0 Å². The lowest BCUT2D eigenvalue weighted by atomic mass is 10.2. The van der Waals surface area contributed by atoms with E-state index in [1.54, 1.807) is 17.3 Å². The molecule has 23 heavy (non-hydrogen) atoms. The van der Waals surface area contributed by atoms with Crippen LogP contribution in [0.2, 0.25) is 0 Å². The number of carbonyl (C=O) groups excluding carboxylic acids is 1. The summed E-state index contributed by atoms with van der Waals surface area (Å²) in [6.45, 7) is 6.77. The summed E-state index contributed by atoms with van der Waals surface area (Å²) in [5, 5.41) is 0. The van der Waals surface area contributed by atoms with Gasteiger partial charge in [0.15, 0.2) is 0 Å². The number of pyridine rings is 2. The molecular weight excluding hydrogens is 294 g/mol. The molecule has 0 aromatic carbocycles. The van der Waals surface area contributed by atoms with Crippen molar-refractivity contribution in [1.29, 1.82) is 0 Å². The highest BCUT2D eigenvalue weighted by molar-refractivity contribution is 6.02. The van der Waals surface area contributed by atoms with Gasteiger partial charge in [-0.15, -0.1) is 0 Å². The van der Waals surface area contributed by atoms with E-state index in [-0.39, 0.29) is 6.09 Å². The van der Waals surface area contributed by atoms with Gasteiger partial charge in [0.1, 0.15) is 16.6 Å². The molecule has 0 aliphatic carbocycles. The Morgan fingerprint density at radius 2 is 2.04 bits per heavy atom. The topological polar surface area (TPSA) is 73.1 Å². The molecule has 3 aromatic rings. The molecule has 1 aliphatic rings. The number of anilines is 1. The van der Waals surface area contributed by atoms with Crippen LogP contribution in [0.4, 0.5) is 10.7 Å². The number of amides is 1. The van der Waals surface area contributed by atoms with Gasteiger partial charge in [-0.1, -0.05) is 0 Å². The van der Waals surface area contributed by atoms with Crippen LogP contribution in [0.15, 0.2) is 24.5 Å². The SMILES string of the molecule is CC(C)(C)OC(=O)N1CCn2c1nc1cnc3cccnc3c12. The van der Waals surface area contributed by atoms with Crippen molar-refractivity contribution < 1.29 is 9.53 Å². The average Bonchev–Trinajstić information content (AvgIpc) is 3.03. The zero-order valence-corrected chi connectivity index (χ0v) is 13.3. The van der Waals surface area contributed by atoms with Gasteiger partial charge >= 0.3 is 6.09 Å². The smallest absolute Gasteiger partial charge is 0.417 e. The molecule has 118 valence electrons. The van der Waals surface area contributed by atoms with Crippen molar-refractivity contribution >= 4 is 34.1 Å². The third kappa shape index (κ3) is 2.19. The van der Waals surface area contributed by atoms with E-state index in [0.717, 1.165) is 22.1 Å². The number of aromatic nitrogens is 4. The van der Waals surface area contributed by atoms with Gasteiger partial charge in [0.2, 0.25) is 5.95 Å². The van der Waals surface area contributed by atoms with E-state index in [1.807, 2.05) is 37.5 Å². The van der Waals surface area contributed by atoms with Gasteiger partial charge in [0.05, 0.1) is 23.8 Å². The molecule has 7 nitrogen and oxygen atoms in total. The van der Waals surface area contributed by atoms with Crippen molar-refractivity contribution in [2.75, 3.05) is 11.4 Å². The maximum absolute atomic E-state index is 12.4. The summed E-state index contributed by atoms with van der Waals surface area (Å²) >= 11 is 0. The molecule has 3 aromatic heterocycles. The molecule has 7 heteroatoms. The molecule has 0 unspecified atom stereocenters. The first kappa shape index (κ1) is 13.9. The Hall–Kier alpha value is -2.70. The Balaban J connectivity index is 1.84. The van der Waals surface area contributed by atoms with Gasteiger partial charge in [-0.3, -0.25) is 9.97 Å². The van der Waals surface area contributed by atoms with E-state index < -0.39 is 5.60 Å². The highest BCUT2D eigenvalue weighted by atomic mass is 16.6. The molecule has 1 amide bonds. The maximum atomic E-state index is 12.4. The van der Waals surface area contributed by atoms with Crippen molar-refractivity contribution in [1.82, 2.24) is 19.5 Å². The predicted octanol–water partition coefficient (Wildman–Crippen LogP) is 2.73. The number of hydrogen-bond acceptors (Lipinski definition) is 5. The van der Waals surface area contributed by atoms with Crippen LogP contribution in [0.5, 0.6) is 0 Å². The predicted molar refractivity (Wildman–Crippen MR) is 86.4 cm³/mol. The number of imidazole rings is 1. The lowest BCUT2D eigenvalue weighted by molar-refractivity contribution is 0.0583. The molecule has 0 saturated carbocycles. The normalized spacial score (nSPS) is 14.5. The number of hydrogen-bond donors (Lipinski definition) is 0. The Morgan fingerprint density at radius 1 is 1.22 bits per heavy atom. The fourth-order valence-electron chi connectivity index (χ4n) is 2.82. The van der Waals surface area contributed by atoms with Crippen LogP contribution in [0, 0.1) is 0 Å². The van der Waals surface area contributed by atoms with Crippen LogP contribution in [-0.2, 0) is 11.3 Å². The number of fused-ring (bicyclic) bond motifs is 5. The molecule has 1 aliphatic heterocycles. The third-order valence-electron chi connectivity index (χ3n) is 3.71. The van der Waals surface area contributed by atoms with Crippen molar-refractivity contribution in [2.45, 2.75) is 32.9 Å². The van der Waals surface area contributed by atoms with Crippen molar-refractivity contribution in [3.63, 3.8) is 0 Å². The fourth-order valence-corrected chi connectivity index (χ4v) is 2.82. The van der Waals surface area contributed by atoms with Crippen LogP contribution in [0.25, 0.3) is 22.1 Å². The molecule has 0 saturated heterocycles. The summed E-state index contributed by atoms with van der Waals surface area (Å²) in [4.78, 5) is 27.3. The van der Waals surface area contributed by atoms with Crippen LogP contribution >= 0.6 is 0 Å². The first-order valence-corrected chi connectivity index (χ1v) is 7.54. The van der Waals surface area contributed by atoms with Crippen molar-refractivity contribution in [3.8, 4) is 0 Å². The van der Waals surface area contributed by atoms with Gasteiger partial charge in [0.25, 0.3) is 0 Å². The minimum absolute atomic E-state index is 0.378. The first-order valence-electron chi connectivity index (χ1n) is 7.54. The molecule has 0 N–H and O–H groups in total. The van der Waals surface area contributed by atoms with Gasteiger partial charge in [0, 0.05) is 12.7 Å². The van der Waals surface area contributed by atoms with Gasteiger partial charge in [-0.05, 0) is 32.9 Å². The molecule has 4 heterocycles. The summed E-state index contributed by atoms with van der Waals surface area (Å²) in [7, 11) is 0. The zero-order valence-electron chi connectivity index (χ0n) is 13.3. The lowest BCUT2D eigenvalue weighted by Crippen LogP contribution is -2.36. The standard InChI is InChI=1S/C16H17N5O2/c1-16(2,3)23-15(22)21-8-7-20-13-11(19-14(20)21)9-18-10-5-4-6-17-12(10)13/h4-6,9H,7-8H2,1-3H3. The second-order valence-electron chi connectivity index (χ2n) is 6.56. The van der Waals surface area contributed by atoms with Crippen LogP contribution < -0.4 is 4.90 Å². The third-order valence-corrected chi connectivity index (χ3v) is 3.71. The number of carbonyl (C=O) groups is 1. The van der Waals surface area contributed by atoms with E-state index in [4.69, 9.17) is 4.74 Å². The van der Waals surface area contributed by atoms with E-state index in [0.29, 0.717) is 19.0 Å². The minimum atomic E-state index is -0.535. The molecule has 4 rings (SSSR count). The number of rotatable bonds is 0. The quantitative estimate of drug-likeness (QED) is 0.638. The maximum Gasteiger partial charge on any atom is 0.417 e. The van der Waals surface area contributed by atoms with Crippen LogP contribution in [-0.4, -0.2) is 37.8 Å². The molecular formula is C16H17N5O2. The summed E-state index contributed by atoms with van der Waals surface area (Å²) in [6.07, 6.45) is 3.08. The van der Waals surface area contributed by atoms with Gasteiger partial charge in [-0.2, -0.15) is 0 Å². The zero-order chi connectivity index (χ0) is 16.2. The van der Waals surface area contributed by atoms with Crippen molar-refractivity contribution in [2.24, 2.45) is 0 Å². The highest BCUT2D eigenvalue weighted by Crippen LogP contribution is 2.31. The summed E-state index contributed by atoms with van der Waals surface area (Å²) in [5.41, 5.74) is 2.73. The van der Waals surface area contributed by atoms with Crippen LogP contribution in [0.1, 0.15) is 20.8 Å². The van der Waals surface area contributed by atoms with Gasteiger partial charge < -0.3 is 9.30 Å². The number of nitrogens with zero attached hydrogens (tertiary/aromatic N) is 5. The second-order valence-corrected chi connectivity index (χ2v) is 6.56. The van der Waals surface area contributed by atoms with Crippen molar-refractivity contribution in [3.05, 3.63) is 24.5 Å². The minimum Gasteiger partial charge on any atom is -0.443 e. The number of ether oxygens (including phenoxy) is 1. The molecule has 0 atom stereocenters. The van der Waals surface area contributed by atoms with E-state index in [1.165, 1.54) is 0 Å². The first-order chi connectivity index (χ1) is 10.9. The molecule has 0 fully saturated rings. The highest BCUT2D eigenvalue weighted by Gasteiger charge is 2.32. The van der Waals surface area contributed by atoms with E-state index in [9.17, 15) is 4.79 Å². The Bertz CT molecular complexity index is 925. The Kier molecular flexibility index (Phi) is 2.81. The lowest BCUT2D eigenvalue weighted by Gasteiger charge is -2.23. The summed E-state index contributed by atoms with van der Waals surface area (Å²) < 4.78 is 7.47. The molecule has 0 radical (unpaired) electrons. The van der Waals surface area contributed by atoms with Crippen LogP contribution in [0.3, 0.4) is 0 Å². The Labute approximate surface area is 132 Å².